The summed E-state index contributed by atoms with van der Waals surface area (Å²) in [6, 6.07) is 26.2. The van der Waals surface area contributed by atoms with Gasteiger partial charge in [0.05, 0.1) is 6.10 Å². The molecule has 0 aromatic heterocycles. The number of carbonyl (C=O) groups excluding carboxylic acids is 1. The molecule has 3 aromatic rings. The van der Waals surface area contributed by atoms with Crippen LogP contribution >= 0.6 is 0 Å². The van der Waals surface area contributed by atoms with Crippen LogP contribution in [0.1, 0.15) is 27.6 Å². The molecule has 1 amide bonds. The van der Waals surface area contributed by atoms with Gasteiger partial charge in [0.25, 0.3) is 5.91 Å². The lowest BCUT2D eigenvalue weighted by Gasteiger charge is -2.15. The average Bonchev–Trinajstić information content (AvgIpc) is 2.64. The van der Waals surface area contributed by atoms with E-state index in [4.69, 9.17) is 0 Å². The van der Waals surface area contributed by atoms with Crippen molar-refractivity contribution in [2.24, 2.45) is 0 Å². The molecular weight excluding hydrogens is 298 g/mol. The van der Waals surface area contributed by atoms with Gasteiger partial charge < -0.3 is 10.4 Å². The Morgan fingerprint density at radius 3 is 2.12 bits per heavy atom. The van der Waals surface area contributed by atoms with Crippen LogP contribution in [0, 0.1) is 0 Å². The number of carbonyl (C=O) groups is 1. The molecule has 0 bridgehead atoms. The van der Waals surface area contributed by atoms with E-state index in [1.807, 2.05) is 72.8 Å². The number of nitrogens with one attached hydrogen (secondary N) is 1. The van der Waals surface area contributed by atoms with Crippen LogP contribution in [-0.4, -0.2) is 11.0 Å². The summed E-state index contributed by atoms with van der Waals surface area (Å²) in [6.45, 7) is 0. The van der Waals surface area contributed by atoms with Gasteiger partial charge in [-0.15, -0.1) is 0 Å². The Kier molecular flexibility index (Phi) is 5.04. The predicted molar refractivity (Wildman–Crippen MR) is 95.9 cm³/mol. The van der Waals surface area contributed by atoms with E-state index in [9.17, 15) is 9.90 Å². The maximum atomic E-state index is 12.3. The van der Waals surface area contributed by atoms with Crippen molar-refractivity contribution < 1.29 is 9.90 Å². The molecule has 1 atom stereocenters. The van der Waals surface area contributed by atoms with Gasteiger partial charge in [-0.25, -0.2) is 0 Å². The number of amides is 1. The van der Waals surface area contributed by atoms with Gasteiger partial charge in [0, 0.05) is 17.7 Å². The molecule has 3 aromatic carbocycles. The molecule has 0 aliphatic carbocycles. The van der Waals surface area contributed by atoms with Crippen molar-refractivity contribution in [2.45, 2.75) is 12.5 Å². The predicted octanol–water partition coefficient (Wildman–Crippen LogP) is 4.22. The van der Waals surface area contributed by atoms with Crippen molar-refractivity contribution in [3.8, 4) is 0 Å². The number of benzene rings is 3. The summed E-state index contributed by atoms with van der Waals surface area (Å²) in [5.41, 5.74) is 3.09. The zero-order valence-corrected chi connectivity index (χ0v) is 13.2. The molecule has 0 heterocycles. The van der Waals surface area contributed by atoms with Gasteiger partial charge in [-0.2, -0.15) is 0 Å². The monoisotopic (exact) mass is 317 g/mol. The Hall–Kier alpha value is -2.91. The van der Waals surface area contributed by atoms with Crippen molar-refractivity contribution >= 4 is 11.6 Å². The van der Waals surface area contributed by atoms with Crippen LogP contribution in [-0.2, 0) is 6.42 Å². The second-order valence-corrected chi connectivity index (χ2v) is 5.61. The summed E-state index contributed by atoms with van der Waals surface area (Å²) in [7, 11) is 0. The molecular formula is C21H19NO2. The van der Waals surface area contributed by atoms with E-state index >= 15 is 0 Å². The summed E-state index contributed by atoms with van der Waals surface area (Å²) in [4.78, 5) is 12.3. The van der Waals surface area contributed by atoms with Crippen LogP contribution < -0.4 is 5.32 Å². The van der Waals surface area contributed by atoms with E-state index in [-0.39, 0.29) is 5.91 Å². The summed E-state index contributed by atoms with van der Waals surface area (Å²) >= 11 is 0. The fourth-order valence-electron chi connectivity index (χ4n) is 2.61. The highest BCUT2D eigenvalue weighted by Crippen LogP contribution is 2.24. The quantitative estimate of drug-likeness (QED) is 0.740. The number of aliphatic hydroxyl groups is 1. The van der Waals surface area contributed by atoms with Gasteiger partial charge in [-0.05, 0) is 29.3 Å². The zero-order valence-electron chi connectivity index (χ0n) is 13.2. The van der Waals surface area contributed by atoms with Gasteiger partial charge in [0.2, 0.25) is 0 Å². The summed E-state index contributed by atoms with van der Waals surface area (Å²) in [5.74, 6) is -0.155. The molecule has 3 heteroatoms. The summed E-state index contributed by atoms with van der Waals surface area (Å²) in [6.07, 6.45) is -0.170. The van der Waals surface area contributed by atoms with Crippen molar-refractivity contribution in [1.29, 1.82) is 0 Å². The fraction of sp³-hybridized carbons (Fsp3) is 0.0952. The molecule has 0 spiro atoms. The first-order valence-corrected chi connectivity index (χ1v) is 7.91. The van der Waals surface area contributed by atoms with E-state index < -0.39 is 6.10 Å². The average molecular weight is 317 g/mol. The van der Waals surface area contributed by atoms with Crippen molar-refractivity contribution in [3.05, 3.63) is 102 Å². The highest BCUT2D eigenvalue weighted by Gasteiger charge is 2.13. The normalized spacial score (nSPS) is 11.7. The van der Waals surface area contributed by atoms with E-state index in [0.717, 1.165) is 16.8 Å². The SMILES string of the molecule is O=C(Nc1ccccc1CC(O)c1ccccc1)c1ccccc1. The minimum atomic E-state index is -0.610. The van der Waals surface area contributed by atoms with E-state index in [2.05, 4.69) is 5.32 Å². The molecule has 0 aliphatic heterocycles. The lowest BCUT2D eigenvalue weighted by Crippen LogP contribution is -2.14. The van der Waals surface area contributed by atoms with E-state index in [1.54, 1.807) is 12.1 Å². The largest absolute Gasteiger partial charge is 0.388 e. The molecule has 1 unspecified atom stereocenters. The molecule has 0 saturated carbocycles. The number of para-hydroxylation sites is 1. The van der Waals surface area contributed by atoms with Crippen LogP contribution in [0.25, 0.3) is 0 Å². The number of hydrogen-bond donors (Lipinski definition) is 2. The molecule has 0 radical (unpaired) electrons. The minimum Gasteiger partial charge on any atom is -0.388 e. The second-order valence-electron chi connectivity index (χ2n) is 5.61. The maximum absolute atomic E-state index is 12.3. The maximum Gasteiger partial charge on any atom is 0.255 e. The van der Waals surface area contributed by atoms with Crippen LogP contribution in [0.15, 0.2) is 84.9 Å². The molecule has 3 nitrogen and oxygen atoms in total. The van der Waals surface area contributed by atoms with Crippen LogP contribution in [0.5, 0.6) is 0 Å². The molecule has 120 valence electrons. The Balaban J connectivity index is 1.77. The van der Waals surface area contributed by atoms with Crippen LogP contribution in [0.2, 0.25) is 0 Å². The Morgan fingerprint density at radius 1 is 0.833 bits per heavy atom. The van der Waals surface area contributed by atoms with E-state index in [0.29, 0.717) is 12.0 Å². The van der Waals surface area contributed by atoms with Gasteiger partial charge in [0.1, 0.15) is 0 Å². The highest BCUT2D eigenvalue weighted by atomic mass is 16.3. The molecule has 3 rings (SSSR count). The van der Waals surface area contributed by atoms with Gasteiger partial charge >= 0.3 is 0 Å². The lowest BCUT2D eigenvalue weighted by atomic mass is 10.00. The van der Waals surface area contributed by atoms with Crippen molar-refractivity contribution in [1.82, 2.24) is 0 Å². The molecule has 2 N–H and O–H groups in total. The first kappa shape index (κ1) is 16.0. The Morgan fingerprint density at radius 2 is 1.42 bits per heavy atom. The number of rotatable bonds is 5. The lowest BCUT2D eigenvalue weighted by molar-refractivity contribution is 0.102. The second kappa shape index (κ2) is 7.57. The van der Waals surface area contributed by atoms with Gasteiger partial charge in [0.15, 0.2) is 0 Å². The minimum absolute atomic E-state index is 0.155. The van der Waals surface area contributed by atoms with Gasteiger partial charge in [-0.1, -0.05) is 66.7 Å². The van der Waals surface area contributed by atoms with Crippen molar-refractivity contribution in [2.75, 3.05) is 5.32 Å². The zero-order chi connectivity index (χ0) is 16.8. The third-order valence-electron chi connectivity index (χ3n) is 3.90. The standard InChI is InChI=1S/C21H19NO2/c23-20(16-9-3-1-4-10-16)15-18-13-7-8-14-19(18)22-21(24)17-11-5-2-6-12-17/h1-14,20,23H,15H2,(H,22,24). The first-order valence-electron chi connectivity index (χ1n) is 7.91. The summed E-state index contributed by atoms with van der Waals surface area (Å²) < 4.78 is 0. The van der Waals surface area contributed by atoms with Crippen LogP contribution in [0.3, 0.4) is 0 Å². The fourth-order valence-corrected chi connectivity index (χ4v) is 2.61. The number of anilines is 1. The third kappa shape index (κ3) is 3.89. The first-order chi connectivity index (χ1) is 11.7. The van der Waals surface area contributed by atoms with E-state index in [1.165, 1.54) is 0 Å². The van der Waals surface area contributed by atoms with Crippen molar-refractivity contribution in [3.63, 3.8) is 0 Å². The number of hydrogen-bond acceptors (Lipinski definition) is 2. The third-order valence-corrected chi connectivity index (χ3v) is 3.90. The molecule has 24 heavy (non-hydrogen) atoms. The topological polar surface area (TPSA) is 49.3 Å². The molecule has 0 saturated heterocycles. The number of aliphatic hydroxyl groups excluding tert-OH is 1. The Labute approximate surface area is 141 Å². The van der Waals surface area contributed by atoms with Gasteiger partial charge in [-0.3, -0.25) is 4.79 Å². The smallest absolute Gasteiger partial charge is 0.255 e. The van der Waals surface area contributed by atoms with Crippen LogP contribution in [0.4, 0.5) is 5.69 Å². The molecule has 0 aliphatic rings. The highest BCUT2D eigenvalue weighted by molar-refractivity contribution is 6.04. The molecule has 0 fully saturated rings. The Bertz CT molecular complexity index is 800. The summed E-state index contributed by atoms with van der Waals surface area (Å²) in [5, 5.41) is 13.4.